The molecular formula is C22H19F3N4O. The van der Waals surface area contributed by atoms with Crippen LogP contribution in [-0.2, 0) is 4.74 Å². The monoisotopic (exact) mass is 412 g/mol. The Morgan fingerprint density at radius 3 is 2.03 bits per heavy atom. The summed E-state index contributed by atoms with van der Waals surface area (Å²) in [5.41, 5.74) is -3.30. The van der Waals surface area contributed by atoms with Crippen LogP contribution in [0, 0.1) is 34.0 Å². The fourth-order valence-electron chi connectivity index (χ4n) is 3.85. The molecule has 1 atom stereocenters. The third-order valence-corrected chi connectivity index (χ3v) is 5.49. The fraction of sp³-hybridized carbons (Fsp3) is 0.409. The van der Waals surface area contributed by atoms with Crippen molar-refractivity contribution in [2.24, 2.45) is 0 Å². The third-order valence-electron chi connectivity index (χ3n) is 5.49. The molecule has 1 fully saturated rings. The van der Waals surface area contributed by atoms with Crippen LogP contribution in [0.15, 0.2) is 41.2 Å². The van der Waals surface area contributed by atoms with Crippen molar-refractivity contribution < 1.29 is 17.9 Å². The van der Waals surface area contributed by atoms with E-state index in [1.807, 2.05) is 0 Å². The Balaban J connectivity index is 2.13. The number of anilines is 1. The lowest BCUT2D eigenvalue weighted by atomic mass is 9.87. The highest BCUT2D eigenvalue weighted by atomic mass is 19.4. The number of nitrogens with zero attached hydrogens (tertiary/aromatic N) is 4. The number of hydrogen-bond donors (Lipinski definition) is 0. The summed E-state index contributed by atoms with van der Waals surface area (Å²) < 4.78 is 47.0. The lowest BCUT2D eigenvalue weighted by Crippen LogP contribution is -2.43. The van der Waals surface area contributed by atoms with E-state index in [1.54, 1.807) is 18.2 Å². The molecule has 0 bridgehead atoms. The number of alkyl halides is 3. The smallest absolute Gasteiger partial charge is 0.432 e. The number of benzene rings is 1. The standard InChI is InChI=1S/C22H19F3N4O/c1-21(22(23,24)25)19(18(14-28)20(30-21)16(12-26)13-27)15-6-8-17(9-7-15)29-10-4-2-3-5-11-29/h6-9H,2-5,10-11H2,1H3. The minimum absolute atomic E-state index is 0.162. The van der Waals surface area contributed by atoms with Crippen LogP contribution >= 0.6 is 0 Å². The molecule has 2 heterocycles. The zero-order valence-electron chi connectivity index (χ0n) is 16.4. The maximum absolute atomic E-state index is 14.0. The van der Waals surface area contributed by atoms with E-state index in [4.69, 9.17) is 15.3 Å². The number of ether oxygens (including phenoxy) is 1. The van der Waals surface area contributed by atoms with Crippen LogP contribution in [-0.4, -0.2) is 24.9 Å². The molecule has 5 nitrogen and oxygen atoms in total. The molecule has 0 saturated carbocycles. The average molecular weight is 412 g/mol. The van der Waals surface area contributed by atoms with Gasteiger partial charge in [0, 0.05) is 24.4 Å². The van der Waals surface area contributed by atoms with Gasteiger partial charge in [0.15, 0.2) is 11.3 Å². The number of halogens is 3. The van der Waals surface area contributed by atoms with E-state index in [2.05, 4.69) is 4.90 Å². The van der Waals surface area contributed by atoms with E-state index in [0.29, 0.717) is 0 Å². The summed E-state index contributed by atoms with van der Waals surface area (Å²) in [5, 5.41) is 27.8. The summed E-state index contributed by atoms with van der Waals surface area (Å²) >= 11 is 0. The zero-order valence-corrected chi connectivity index (χ0v) is 16.4. The van der Waals surface area contributed by atoms with E-state index < -0.39 is 34.3 Å². The van der Waals surface area contributed by atoms with Crippen molar-refractivity contribution in [2.75, 3.05) is 18.0 Å². The second-order valence-corrected chi connectivity index (χ2v) is 7.37. The van der Waals surface area contributed by atoms with Crippen molar-refractivity contribution in [1.29, 1.82) is 15.8 Å². The first kappa shape index (κ1) is 21.3. The van der Waals surface area contributed by atoms with Gasteiger partial charge in [-0.2, -0.15) is 29.0 Å². The van der Waals surface area contributed by atoms with Gasteiger partial charge in [-0.15, -0.1) is 0 Å². The van der Waals surface area contributed by atoms with Crippen molar-refractivity contribution in [3.05, 3.63) is 46.7 Å². The highest BCUT2D eigenvalue weighted by Crippen LogP contribution is 2.52. The summed E-state index contributed by atoms with van der Waals surface area (Å²) in [4.78, 5) is 2.19. The Labute approximate surface area is 172 Å². The number of rotatable bonds is 2. The maximum atomic E-state index is 14.0. The summed E-state index contributed by atoms with van der Waals surface area (Å²) in [6, 6.07) is 11.3. The SMILES string of the molecule is CC1(C(F)(F)F)OC(=C(C#N)C#N)C(C#N)=C1c1ccc(N2CCCCCC2)cc1. The first-order valence-corrected chi connectivity index (χ1v) is 9.57. The van der Waals surface area contributed by atoms with Gasteiger partial charge in [-0.25, -0.2) is 0 Å². The van der Waals surface area contributed by atoms with Gasteiger partial charge in [-0.3, -0.25) is 0 Å². The van der Waals surface area contributed by atoms with Gasteiger partial charge in [-0.05, 0) is 37.5 Å². The van der Waals surface area contributed by atoms with Gasteiger partial charge < -0.3 is 9.64 Å². The summed E-state index contributed by atoms with van der Waals surface area (Å²) in [7, 11) is 0. The van der Waals surface area contributed by atoms with Crippen LogP contribution in [0.25, 0.3) is 5.57 Å². The molecule has 2 aliphatic heterocycles. The Kier molecular flexibility index (Phi) is 5.76. The molecule has 1 unspecified atom stereocenters. The number of hydrogen-bond acceptors (Lipinski definition) is 5. The van der Waals surface area contributed by atoms with Crippen LogP contribution in [0.4, 0.5) is 18.9 Å². The van der Waals surface area contributed by atoms with Crippen LogP contribution < -0.4 is 4.90 Å². The first-order valence-electron chi connectivity index (χ1n) is 9.57. The van der Waals surface area contributed by atoms with Crippen LogP contribution in [0.1, 0.15) is 38.2 Å². The summed E-state index contributed by atoms with van der Waals surface area (Å²) in [6.45, 7) is 2.58. The molecule has 0 aromatic heterocycles. The van der Waals surface area contributed by atoms with Gasteiger partial charge in [0.05, 0.1) is 0 Å². The van der Waals surface area contributed by atoms with E-state index in [-0.39, 0.29) is 5.56 Å². The minimum atomic E-state index is -4.87. The Hall–Kier alpha value is -3.44. The van der Waals surface area contributed by atoms with Crippen molar-refractivity contribution in [2.45, 2.75) is 44.4 Å². The van der Waals surface area contributed by atoms with Gasteiger partial charge in [-0.1, -0.05) is 25.0 Å². The molecule has 3 rings (SSSR count). The quantitative estimate of drug-likeness (QED) is 0.639. The predicted octanol–water partition coefficient (Wildman–Crippen LogP) is 5.00. The molecule has 0 spiro atoms. The van der Waals surface area contributed by atoms with Gasteiger partial charge in [0.1, 0.15) is 23.8 Å². The first-order chi connectivity index (χ1) is 14.3. The van der Waals surface area contributed by atoms with Crippen molar-refractivity contribution in [3.8, 4) is 18.2 Å². The van der Waals surface area contributed by atoms with Crippen molar-refractivity contribution >= 4 is 11.3 Å². The molecule has 1 aromatic carbocycles. The third kappa shape index (κ3) is 3.60. The second kappa shape index (κ2) is 8.13. The number of allylic oxidation sites excluding steroid dienone is 2. The lowest BCUT2D eigenvalue weighted by molar-refractivity contribution is -0.229. The second-order valence-electron chi connectivity index (χ2n) is 7.37. The molecule has 1 aromatic rings. The normalized spacial score (nSPS) is 21.9. The number of nitriles is 3. The zero-order chi connectivity index (χ0) is 21.9. The molecule has 154 valence electrons. The molecular weight excluding hydrogens is 393 g/mol. The molecule has 2 aliphatic rings. The predicted molar refractivity (Wildman–Crippen MR) is 103 cm³/mol. The molecule has 1 saturated heterocycles. The summed E-state index contributed by atoms with van der Waals surface area (Å²) in [6.07, 6.45) is -0.436. The molecule has 30 heavy (non-hydrogen) atoms. The van der Waals surface area contributed by atoms with Gasteiger partial charge >= 0.3 is 6.18 Å². The van der Waals surface area contributed by atoms with Crippen LogP contribution in [0.2, 0.25) is 0 Å². The van der Waals surface area contributed by atoms with Crippen molar-refractivity contribution in [1.82, 2.24) is 0 Å². The molecule has 8 heteroatoms. The lowest BCUT2D eigenvalue weighted by Gasteiger charge is -2.30. The molecule has 0 radical (unpaired) electrons. The maximum Gasteiger partial charge on any atom is 0.432 e. The van der Waals surface area contributed by atoms with Crippen LogP contribution in [0.3, 0.4) is 0 Å². The van der Waals surface area contributed by atoms with E-state index in [9.17, 15) is 18.4 Å². The minimum Gasteiger partial charge on any atom is -0.470 e. The van der Waals surface area contributed by atoms with Gasteiger partial charge in [0.2, 0.25) is 5.60 Å². The largest absolute Gasteiger partial charge is 0.470 e. The topological polar surface area (TPSA) is 83.8 Å². The summed E-state index contributed by atoms with van der Waals surface area (Å²) in [5.74, 6) is -0.631. The van der Waals surface area contributed by atoms with E-state index in [1.165, 1.54) is 24.3 Å². The molecule has 0 amide bonds. The van der Waals surface area contributed by atoms with E-state index >= 15 is 0 Å². The van der Waals surface area contributed by atoms with Crippen molar-refractivity contribution in [3.63, 3.8) is 0 Å². The highest BCUT2D eigenvalue weighted by molar-refractivity contribution is 5.85. The molecule has 0 N–H and O–H groups in total. The molecule has 0 aliphatic carbocycles. The Morgan fingerprint density at radius 2 is 1.57 bits per heavy atom. The highest BCUT2D eigenvalue weighted by Gasteiger charge is 2.61. The Morgan fingerprint density at radius 1 is 1.00 bits per heavy atom. The van der Waals surface area contributed by atoms with E-state index in [0.717, 1.165) is 51.4 Å². The van der Waals surface area contributed by atoms with Crippen LogP contribution in [0.5, 0.6) is 0 Å². The fourth-order valence-corrected chi connectivity index (χ4v) is 3.85. The average Bonchev–Trinajstić information content (AvgIpc) is 2.87. The Bertz CT molecular complexity index is 995. The van der Waals surface area contributed by atoms with Gasteiger partial charge in [0.25, 0.3) is 0 Å².